The molecule has 0 aromatic rings. The van der Waals surface area contributed by atoms with Crippen molar-refractivity contribution in [2.45, 2.75) is 40.0 Å². The molecule has 0 N–H and O–H groups in total. The Morgan fingerprint density at radius 1 is 1.31 bits per heavy atom. The van der Waals surface area contributed by atoms with Gasteiger partial charge in [-0.3, -0.25) is 4.57 Å². The van der Waals surface area contributed by atoms with Gasteiger partial charge in [0.2, 0.25) is 0 Å². The average Bonchev–Trinajstić information content (AvgIpc) is 2.14. The third-order valence-electron chi connectivity index (χ3n) is 1.90. The predicted octanol–water partition coefficient (Wildman–Crippen LogP) is 3.26. The van der Waals surface area contributed by atoms with Gasteiger partial charge < -0.3 is 9.05 Å². The van der Waals surface area contributed by atoms with Gasteiger partial charge in [0.1, 0.15) is 0 Å². The molecule has 0 heterocycles. The van der Waals surface area contributed by atoms with Crippen LogP contribution in [0.25, 0.3) is 0 Å². The fourth-order valence-corrected chi connectivity index (χ4v) is 1.48. The molecule has 2 atom stereocenters. The first-order valence-corrected chi connectivity index (χ1v) is 6.22. The molecule has 0 saturated carbocycles. The SMILES string of the molecule is CCCCO[PH](=O)OCC(C)CC. The van der Waals surface area contributed by atoms with Crippen molar-refractivity contribution in [3.05, 3.63) is 0 Å². The van der Waals surface area contributed by atoms with Crippen LogP contribution in [0.5, 0.6) is 0 Å². The van der Waals surface area contributed by atoms with Crippen molar-refractivity contribution < 1.29 is 13.6 Å². The third-order valence-corrected chi connectivity index (χ3v) is 2.74. The molecule has 4 heteroatoms. The Hall–Kier alpha value is 0.150. The normalized spacial score (nSPS) is 15.6. The number of rotatable bonds is 8. The molecule has 0 radical (unpaired) electrons. The minimum absolute atomic E-state index is 0.462. The van der Waals surface area contributed by atoms with Gasteiger partial charge in [-0.15, -0.1) is 0 Å². The second-order valence-electron chi connectivity index (χ2n) is 3.28. The molecule has 3 nitrogen and oxygen atoms in total. The number of unbranched alkanes of at least 4 members (excludes halogenated alkanes) is 1. The van der Waals surface area contributed by atoms with Gasteiger partial charge in [-0.05, 0) is 12.3 Å². The molecule has 0 bridgehead atoms. The van der Waals surface area contributed by atoms with Crippen LogP contribution < -0.4 is 0 Å². The van der Waals surface area contributed by atoms with Gasteiger partial charge in [0.15, 0.2) is 0 Å². The zero-order chi connectivity index (χ0) is 10.1. The Bertz CT molecular complexity index is 139. The summed E-state index contributed by atoms with van der Waals surface area (Å²) in [5.41, 5.74) is 0. The summed E-state index contributed by atoms with van der Waals surface area (Å²) in [7, 11) is -2.22. The Kier molecular flexibility index (Phi) is 8.84. The van der Waals surface area contributed by atoms with E-state index in [1.54, 1.807) is 0 Å². The van der Waals surface area contributed by atoms with E-state index in [0.717, 1.165) is 19.3 Å². The van der Waals surface area contributed by atoms with E-state index in [2.05, 4.69) is 20.8 Å². The molecule has 0 rings (SSSR count). The summed E-state index contributed by atoms with van der Waals surface area (Å²) in [6.45, 7) is 7.32. The lowest BCUT2D eigenvalue weighted by atomic mass is 10.1. The van der Waals surface area contributed by atoms with E-state index in [1.165, 1.54) is 0 Å². The molecule has 0 aromatic carbocycles. The first kappa shape index (κ1) is 13.2. The van der Waals surface area contributed by atoms with Crippen molar-refractivity contribution in [2.75, 3.05) is 13.2 Å². The molecule has 0 aliphatic heterocycles. The van der Waals surface area contributed by atoms with Gasteiger partial charge in [0.25, 0.3) is 0 Å². The smallest absolute Gasteiger partial charge is 0.311 e. The summed E-state index contributed by atoms with van der Waals surface area (Å²) in [6.07, 6.45) is 3.05. The largest absolute Gasteiger partial charge is 0.319 e. The Labute approximate surface area is 81.8 Å². The van der Waals surface area contributed by atoms with Crippen LogP contribution in [0.2, 0.25) is 0 Å². The van der Waals surface area contributed by atoms with Crippen LogP contribution in [-0.2, 0) is 13.6 Å². The van der Waals surface area contributed by atoms with E-state index >= 15 is 0 Å². The lowest BCUT2D eigenvalue weighted by Crippen LogP contribution is -2.00. The van der Waals surface area contributed by atoms with Gasteiger partial charge in [0.05, 0.1) is 13.2 Å². The fraction of sp³-hybridized carbons (Fsp3) is 1.00. The highest BCUT2D eigenvalue weighted by Crippen LogP contribution is 2.25. The highest BCUT2D eigenvalue weighted by atomic mass is 31.1. The van der Waals surface area contributed by atoms with Crippen LogP contribution >= 0.6 is 8.25 Å². The van der Waals surface area contributed by atoms with Gasteiger partial charge in [-0.2, -0.15) is 0 Å². The van der Waals surface area contributed by atoms with Crippen LogP contribution in [0.3, 0.4) is 0 Å². The van der Waals surface area contributed by atoms with Gasteiger partial charge in [-0.1, -0.05) is 33.6 Å². The second-order valence-corrected chi connectivity index (χ2v) is 4.35. The van der Waals surface area contributed by atoms with Crippen LogP contribution in [0.4, 0.5) is 0 Å². The Balaban J connectivity index is 3.30. The van der Waals surface area contributed by atoms with Crippen LogP contribution in [0.15, 0.2) is 0 Å². The van der Waals surface area contributed by atoms with E-state index in [0.29, 0.717) is 19.1 Å². The summed E-state index contributed by atoms with van der Waals surface area (Å²) in [4.78, 5) is 0. The van der Waals surface area contributed by atoms with E-state index in [-0.39, 0.29) is 0 Å². The van der Waals surface area contributed by atoms with E-state index in [4.69, 9.17) is 9.05 Å². The maximum Gasteiger partial charge on any atom is 0.319 e. The number of hydrogen-bond acceptors (Lipinski definition) is 3. The summed E-state index contributed by atoms with van der Waals surface area (Å²) in [6, 6.07) is 0. The van der Waals surface area contributed by atoms with E-state index < -0.39 is 8.25 Å². The van der Waals surface area contributed by atoms with Crippen molar-refractivity contribution >= 4 is 8.25 Å². The van der Waals surface area contributed by atoms with Crippen LogP contribution in [0, 0.1) is 5.92 Å². The lowest BCUT2D eigenvalue weighted by molar-refractivity contribution is 0.198. The average molecular weight is 208 g/mol. The Morgan fingerprint density at radius 2 is 2.00 bits per heavy atom. The second kappa shape index (κ2) is 8.74. The van der Waals surface area contributed by atoms with Crippen LogP contribution in [0.1, 0.15) is 40.0 Å². The molecule has 80 valence electrons. The van der Waals surface area contributed by atoms with Gasteiger partial charge >= 0.3 is 8.25 Å². The van der Waals surface area contributed by atoms with Crippen molar-refractivity contribution in [1.82, 2.24) is 0 Å². The molecule has 0 amide bonds. The van der Waals surface area contributed by atoms with Gasteiger partial charge in [-0.25, -0.2) is 0 Å². The Morgan fingerprint density at radius 3 is 2.54 bits per heavy atom. The highest BCUT2D eigenvalue weighted by Gasteiger charge is 2.03. The first-order valence-electron chi connectivity index (χ1n) is 5.00. The topological polar surface area (TPSA) is 35.5 Å². The summed E-state index contributed by atoms with van der Waals surface area (Å²) < 4.78 is 21.1. The molecule has 2 unspecified atom stereocenters. The minimum Gasteiger partial charge on any atom is -0.311 e. The van der Waals surface area contributed by atoms with Crippen LogP contribution in [-0.4, -0.2) is 13.2 Å². The monoisotopic (exact) mass is 208 g/mol. The summed E-state index contributed by atoms with van der Waals surface area (Å²) in [5.74, 6) is 0.462. The first-order chi connectivity index (χ1) is 6.20. The zero-order valence-electron chi connectivity index (χ0n) is 8.84. The highest BCUT2D eigenvalue weighted by molar-refractivity contribution is 7.33. The molecule has 0 aliphatic rings. The summed E-state index contributed by atoms with van der Waals surface area (Å²) in [5, 5.41) is 0. The molecular weight excluding hydrogens is 187 g/mol. The molecule has 0 saturated heterocycles. The van der Waals surface area contributed by atoms with Gasteiger partial charge in [0, 0.05) is 0 Å². The zero-order valence-corrected chi connectivity index (χ0v) is 9.84. The maximum absolute atomic E-state index is 11.1. The molecule has 0 aliphatic carbocycles. The fourth-order valence-electron chi connectivity index (χ4n) is 0.670. The van der Waals surface area contributed by atoms with Crippen molar-refractivity contribution in [3.8, 4) is 0 Å². The lowest BCUT2D eigenvalue weighted by Gasteiger charge is -2.08. The maximum atomic E-state index is 11.1. The third kappa shape index (κ3) is 8.48. The standard InChI is InChI=1S/C9H21O3P/c1-4-6-7-11-13(10)12-8-9(3)5-2/h9,13H,4-8H2,1-3H3. The summed E-state index contributed by atoms with van der Waals surface area (Å²) >= 11 is 0. The quantitative estimate of drug-likeness (QED) is 0.453. The van der Waals surface area contributed by atoms with E-state index in [1.807, 2.05) is 0 Å². The molecule has 0 aromatic heterocycles. The number of hydrogen-bond donors (Lipinski definition) is 0. The molecule has 13 heavy (non-hydrogen) atoms. The molecular formula is C9H21O3P. The molecule has 0 spiro atoms. The minimum atomic E-state index is -2.22. The van der Waals surface area contributed by atoms with Crippen molar-refractivity contribution in [2.24, 2.45) is 5.92 Å². The predicted molar refractivity (Wildman–Crippen MR) is 55.3 cm³/mol. The van der Waals surface area contributed by atoms with Crippen molar-refractivity contribution in [1.29, 1.82) is 0 Å². The van der Waals surface area contributed by atoms with E-state index in [9.17, 15) is 4.57 Å². The molecule has 0 fully saturated rings. The van der Waals surface area contributed by atoms with Crippen molar-refractivity contribution in [3.63, 3.8) is 0 Å².